The van der Waals surface area contributed by atoms with E-state index in [2.05, 4.69) is 34.5 Å². The van der Waals surface area contributed by atoms with Gasteiger partial charge in [-0.3, -0.25) is 0 Å². The van der Waals surface area contributed by atoms with Gasteiger partial charge in [0.25, 0.3) is 0 Å². The number of rotatable bonds is 9. The third-order valence-corrected chi connectivity index (χ3v) is 4.77. The van der Waals surface area contributed by atoms with Crippen molar-refractivity contribution in [1.82, 2.24) is 15.6 Å². The number of hydrogen-bond donors (Lipinski definition) is 2. The van der Waals surface area contributed by atoms with Crippen LogP contribution in [-0.4, -0.2) is 37.8 Å². The number of methoxy groups -OCH3 is 1. The number of guanidine groups is 1. The van der Waals surface area contributed by atoms with Crippen molar-refractivity contribution in [2.24, 2.45) is 4.99 Å². The maximum Gasteiger partial charge on any atom is 0.191 e. The number of aliphatic imine (C=N–C) groups is 1. The Bertz CT molecular complexity index is 702. The maximum atomic E-state index is 5.65. The molecule has 0 saturated heterocycles. The zero-order valence-electron chi connectivity index (χ0n) is 16.4. The molecular formula is C19H29IN4O2S. The zero-order valence-corrected chi connectivity index (χ0v) is 19.5. The fourth-order valence-electron chi connectivity index (χ4n) is 2.26. The van der Waals surface area contributed by atoms with Gasteiger partial charge in [-0.25, -0.2) is 9.98 Å². The monoisotopic (exact) mass is 504 g/mol. The highest BCUT2D eigenvalue weighted by atomic mass is 127. The lowest BCUT2D eigenvalue weighted by atomic mass is 10.2. The molecule has 8 heteroatoms. The Morgan fingerprint density at radius 2 is 2.04 bits per heavy atom. The van der Waals surface area contributed by atoms with Gasteiger partial charge in [-0.05, 0) is 38.5 Å². The summed E-state index contributed by atoms with van der Waals surface area (Å²) in [5, 5.41) is 7.68. The van der Waals surface area contributed by atoms with Crippen molar-refractivity contribution in [3.63, 3.8) is 0 Å². The molecular weight excluding hydrogens is 475 g/mol. The van der Waals surface area contributed by atoms with E-state index in [-0.39, 0.29) is 24.0 Å². The van der Waals surface area contributed by atoms with Gasteiger partial charge in [0.05, 0.1) is 25.4 Å². The standard InChI is InChI=1S/C19H28N4O2S.HI/c1-5-20-19(22-13-18-23-14(2)15(3)26-18)21-12-16-7-6-8-17(11-16)25-10-9-24-4;/h6-8,11H,5,9-10,12-13H2,1-4H3,(H2,20,21,22);1H. The van der Waals surface area contributed by atoms with E-state index in [9.17, 15) is 0 Å². The van der Waals surface area contributed by atoms with Gasteiger partial charge in [0.15, 0.2) is 5.96 Å². The van der Waals surface area contributed by atoms with Crippen LogP contribution in [0.1, 0.15) is 28.1 Å². The molecule has 0 aliphatic rings. The average molecular weight is 504 g/mol. The lowest BCUT2D eigenvalue weighted by Gasteiger charge is -2.10. The minimum absolute atomic E-state index is 0. The molecule has 1 aromatic heterocycles. The van der Waals surface area contributed by atoms with Crippen molar-refractivity contribution in [1.29, 1.82) is 0 Å². The smallest absolute Gasteiger partial charge is 0.191 e. The van der Waals surface area contributed by atoms with Gasteiger partial charge in [0.2, 0.25) is 0 Å². The lowest BCUT2D eigenvalue weighted by Crippen LogP contribution is -2.36. The van der Waals surface area contributed by atoms with E-state index in [1.165, 1.54) is 4.88 Å². The molecule has 0 saturated carbocycles. The van der Waals surface area contributed by atoms with Crippen LogP contribution in [0.25, 0.3) is 0 Å². The fraction of sp³-hybridized carbons (Fsp3) is 0.474. The maximum absolute atomic E-state index is 5.65. The van der Waals surface area contributed by atoms with Gasteiger partial charge in [-0.15, -0.1) is 35.3 Å². The third-order valence-electron chi connectivity index (χ3n) is 3.70. The van der Waals surface area contributed by atoms with Crippen molar-refractivity contribution >= 4 is 41.3 Å². The van der Waals surface area contributed by atoms with E-state index in [1.54, 1.807) is 18.4 Å². The van der Waals surface area contributed by atoms with Crippen LogP contribution in [0.4, 0.5) is 0 Å². The topological polar surface area (TPSA) is 67.8 Å². The molecule has 0 atom stereocenters. The van der Waals surface area contributed by atoms with Crippen LogP contribution in [0.2, 0.25) is 0 Å². The number of thiazole rings is 1. The number of aryl methyl sites for hydroxylation is 2. The predicted octanol–water partition coefficient (Wildman–Crippen LogP) is 3.66. The Labute approximate surface area is 182 Å². The molecule has 0 unspecified atom stereocenters. The number of nitrogens with zero attached hydrogens (tertiary/aromatic N) is 2. The first-order valence-electron chi connectivity index (χ1n) is 8.78. The summed E-state index contributed by atoms with van der Waals surface area (Å²) < 4.78 is 10.7. The molecule has 0 aliphatic heterocycles. The molecule has 2 aromatic rings. The first kappa shape index (κ1) is 23.6. The lowest BCUT2D eigenvalue weighted by molar-refractivity contribution is 0.146. The SMILES string of the molecule is CCNC(=NCc1cccc(OCCOC)c1)NCc1nc(C)c(C)s1.I. The van der Waals surface area contributed by atoms with Crippen LogP contribution < -0.4 is 15.4 Å². The third kappa shape index (κ3) is 8.44. The molecule has 0 fully saturated rings. The van der Waals surface area contributed by atoms with Crippen LogP contribution in [0, 0.1) is 13.8 Å². The highest BCUT2D eigenvalue weighted by molar-refractivity contribution is 14.0. The van der Waals surface area contributed by atoms with E-state index >= 15 is 0 Å². The van der Waals surface area contributed by atoms with Gasteiger partial charge in [-0.1, -0.05) is 12.1 Å². The van der Waals surface area contributed by atoms with Gasteiger partial charge < -0.3 is 20.1 Å². The second kappa shape index (κ2) is 12.9. The molecule has 0 aliphatic carbocycles. The van der Waals surface area contributed by atoms with Crippen LogP contribution in [0.15, 0.2) is 29.3 Å². The summed E-state index contributed by atoms with van der Waals surface area (Å²) in [6.45, 7) is 9.36. The largest absolute Gasteiger partial charge is 0.491 e. The van der Waals surface area contributed by atoms with Gasteiger partial charge in [0, 0.05) is 18.5 Å². The van der Waals surface area contributed by atoms with Crippen LogP contribution in [-0.2, 0) is 17.8 Å². The predicted molar refractivity (Wildman–Crippen MR) is 122 cm³/mol. The van der Waals surface area contributed by atoms with E-state index in [4.69, 9.17) is 9.47 Å². The van der Waals surface area contributed by atoms with Crippen molar-refractivity contribution in [3.8, 4) is 5.75 Å². The van der Waals surface area contributed by atoms with E-state index in [0.29, 0.717) is 26.3 Å². The van der Waals surface area contributed by atoms with Gasteiger partial charge in [0.1, 0.15) is 17.4 Å². The fourth-order valence-corrected chi connectivity index (χ4v) is 3.14. The Kier molecular flexibility index (Phi) is 11.3. The summed E-state index contributed by atoms with van der Waals surface area (Å²) in [6, 6.07) is 7.98. The number of aromatic nitrogens is 1. The summed E-state index contributed by atoms with van der Waals surface area (Å²) in [5.41, 5.74) is 2.19. The molecule has 0 bridgehead atoms. The minimum Gasteiger partial charge on any atom is -0.491 e. The number of halogens is 1. The van der Waals surface area contributed by atoms with Crippen molar-refractivity contribution in [2.45, 2.75) is 33.9 Å². The molecule has 6 nitrogen and oxygen atoms in total. The summed E-state index contributed by atoms with van der Waals surface area (Å²) in [7, 11) is 1.66. The highest BCUT2D eigenvalue weighted by Crippen LogP contribution is 2.16. The molecule has 0 radical (unpaired) electrons. The zero-order chi connectivity index (χ0) is 18.8. The number of ether oxygens (including phenoxy) is 2. The average Bonchev–Trinajstić information content (AvgIpc) is 2.96. The quantitative estimate of drug-likeness (QED) is 0.236. The van der Waals surface area contributed by atoms with Gasteiger partial charge >= 0.3 is 0 Å². The Balaban J connectivity index is 0.00000364. The van der Waals surface area contributed by atoms with E-state index in [1.807, 2.05) is 31.2 Å². The Morgan fingerprint density at radius 3 is 2.70 bits per heavy atom. The van der Waals surface area contributed by atoms with Crippen molar-refractivity contribution in [2.75, 3.05) is 26.9 Å². The number of hydrogen-bond acceptors (Lipinski definition) is 5. The number of benzene rings is 1. The highest BCUT2D eigenvalue weighted by Gasteiger charge is 2.05. The molecule has 1 aromatic carbocycles. The van der Waals surface area contributed by atoms with Crippen molar-refractivity contribution in [3.05, 3.63) is 45.4 Å². The van der Waals surface area contributed by atoms with Crippen molar-refractivity contribution < 1.29 is 9.47 Å². The Morgan fingerprint density at radius 1 is 1.22 bits per heavy atom. The second-order valence-electron chi connectivity index (χ2n) is 5.79. The Hall–Kier alpha value is -1.39. The van der Waals surface area contributed by atoms with Crippen LogP contribution in [0.3, 0.4) is 0 Å². The summed E-state index contributed by atoms with van der Waals surface area (Å²) >= 11 is 1.72. The summed E-state index contributed by atoms with van der Waals surface area (Å²) in [4.78, 5) is 10.5. The minimum atomic E-state index is 0. The molecule has 2 N–H and O–H groups in total. The second-order valence-corrected chi connectivity index (χ2v) is 7.07. The number of nitrogens with one attached hydrogen (secondary N) is 2. The van der Waals surface area contributed by atoms with E-state index < -0.39 is 0 Å². The molecule has 27 heavy (non-hydrogen) atoms. The van der Waals surface area contributed by atoms with Gasteiger partial charge in [-0.2, -0.15) is 0 Å². The summed E-state index contributed by atoms with van der Waals surface area (Å²) in [5.74, 6) is 1.62. The molecule has 0 spiro atoms. The normalized spacial score (nSPS) is 11.0. The first-order chi connectivity index (χ1) is 12.6. The summed E-state index contributed by atoms with van der Waals surface area (Å²) in [6.07, 6.45) is 0. The first-order valence-corrected chi connectivity index (χ1v) is 9.59. The van der Waals surface area contributed by atoms with E-state index in [0.717, 1.165) is 34.5 Å². The molecule has 0 amide bonds. The molecule has 150 valence electrons. The van der Waals surface area contributed by atoms with Crippen LogP contribution >= 0.6 is 35.3 Å². The van der Waals surface area contributed by atoms with Crippen LogP contribution in [0.5, 0.6) is 5.75 Å². The molecule has 2 rings (SSSR count). The molecule has 1 heterocycles.